The van der Waals surface area contributed by atoms with Crippen LogP contribution in [0.15, 0.2) is 24.3 Å². The van der Waals surface area contributed by atoms with Crippen LogP contribution in [-0.2, 0) is 6.42 Å². The smallest absolute Gasteiger partial charge is 0.319 e. The highest BCUT2D eigenvalue weighted by molar-refractivity contribution is 6.03. The van der Waals surface area contributed by atoms with Crippen LogP contribution in [0, 0.1) is 35.3 Å². The SMILES string of the molecule is C#Cc1c(F)ccc2cc(O)cc(-c3nc4c5c(nc(OCC6(CN7CCC(C)C7)CC6)nc5c3F)N3C[C@H]5CC[C@H](N5)[C@H]3CC4)c12. The number of likely N-dealkylation sites (tertiary alicyclic amines) is 1. The van der Waals surface area contributed by atoms with Crippen LogP contribution in [-0.4, -0.2) is 75.9 Å². The average Bonchev–Trinajstić information content (AvgIpc) is 3.59. The minimum Gasteiger partial charge on any atom is -0.508 e. The number of ether oxygens (including phenoxy) is 1. The lowest BCUT2D eigenvalue weighted by molar-refractivity contribution is 0.168. The van der Waals surface area contributed by atoms with Crippen LogP contribution in [0.25, 0.3) is 32.9 Å². The second kappa shape index (κ2) is 10.7. The minimum atomic E-state index is -0.667. The third kappa shape index (κ3) is 4.81. The highest BCUT2D eigenvalue weighted by Crippen LogP contribution is 2.48. The van der Waals surface area contributed by atoms with Crippen LogP contribution in [0.3, 0.4) is 0 Å². The van der Waals surface area contributed by atoms with Gasteiger partial charge in [0.15, 0.2) is 5.82 Å². The van der Waals surface area contributed by atoms with E-state index in [9.17, 15) is 9.50 Å². The number of anilines is 1. The van der Waals surface area contributed by atoms with E-state index < -0.39 is 11.6 Å². The Kier molecular flexibility index (Phi) is 6.64. The molecule has 9 rings (SSSR count). The van der Waals surface area contributed by atoms with E-state index in [1.54, 1.807) is 0 Å². The first-order valence-corrected chi connectivity index (χ1v) is 17.0. The van der Waals surface area contributed by atoms with E-state index in [1.165, 1.54) is 30.7 Å². The van der Waals surface area contributed by atoms with E-state index in [4.69, 9.17) is 26.1 Å². The number of aromatic hydroxyl groups is 1. The van der Waals surface area contributed by atoms with E-state index in [-0.39, 0.29) is 45.6 Å². The van der Waals surface area contributed by atoms with Crippen molar-refractivity contribution in [1.29, 1.82) is 0 Å². The molecule has 8 nitrogen and oxygen atoms in total. The Morgan fingerprint density at radius 2 is 1.96 bits per heavy atom. The molecule has 1 aliphatic carbocycles. The van der Waals surface area contributed by atoms with Crippen molar-refractivity contribution in [2.24, 2.45) is 11.3 Å². The molecule has 0 amide bonds. The normalized spacial score (nSPS) is 26.0. The van der Waals surface area contributed by atoms with Gasteiger partial charge in [-0.15, -0.1) is 6.42 Å². The maximum Gasteiger partial charge on any atom is 0.319 e. The Labute approximate surface area is 272 Å². The molecular weight excluding hydrogens is 598 g/mol. The van der Waals surface area contributed by atoms with E-state index in [0.717, 1.165) is 58.3 Å². The largest absolute Gasteiger partial charge is 0.508 e. The maximum absolute atomic E-state index is 17.1. The van der Waals surface area contributed by atoms with Gasteiger partial charge in [0.2, 0.25) is 0 Å². The number of aromatic nitrogens is 3. The molecule has 1 unspecified atom stereocenters. The average molecular weight is 637 g/mol. The van der Waals surface area contributed by atoms with Crippen LogP contribution < -0.4 is 15.0 Å². The lowest BCUT2D eigenvalue weighted by Crippen LogP contribution is -2.58. The van der Waals surface area contributed by atoms with Crippen LogP contribution in [0.4, 0.5) is 14.6 Å². The van der Waals surface area contributed by atoms with Crippen molar-refractivity contribution < 1.29 is 18.6 Å². The standard InChI is InChI=1S/C37H38F2N6O2/c1-3-24-26(38)6-4-21-14-23(46)15-25(30(21)24)33-32(39)34-31-28(41-33)8-9-29-27-7-5-22(40-27)17-45(29)35(31)43-36(42-34)47-19-37(11-12-37)18-44-13-10-20(2)16-44/h1,4,6,14-15,20,22,27,29,40,46H,5,7-13,16-19H2,2H3/t20?,22-,27+,29-/m1/s1. The van der Waals surface area contributed by atoms with Gasteiger partial charge in [-0.05, 0) is 81.0 Å². The summed E-state index contributed by atoms with van der Waals surface area (Å²) in [4.78, 5) is 19.6. The molecule has 5 aliphatic rings. The first-order valence-electron chi connectivity index (χ1n) is 17.0. The van der Waals surface area contributed by atoms with Gasteiger partial charge in [0.25, 0.3) is 0 Å². The van der Waals surface area contributed by atoms with Crippen LogP contribution in [0.5, 0.6) is 11.8 Å². The number of phenols is 1. The highest BCUT2D eigenvalue weighted by Gasteiger charge is 2.46. The number of fused-ring (bicyclic) bond motifs is 6. The predicted octanol–water partition coefficient (Wildman–Crippen LogP) is 5.57. The van der Waals surface area contributed by atoms with Gasteiger partial charge in [0.1, 0.15) is 28.6 Å². The first-order chi connectivity index (χ1) is 22.8. The number of benzene rings is 2. The molecule has 4 fully saturated rings. The molecule has 242 valence electrons. The maximum atomic E-state index is 17.1. The van der Waals surface area contributed by atoms with Gasteiger partial charge >= 0.3 is 6.01 Å². The van der Waals surface area contributed by atoms with Gasteiger partial charge in [-0.2, -0.15) is 9.97 Å². The number of nitrogens with zero attached hydrogens (tertiary/aromatic N) is 5. The summed E-state index contributed by atoms with van der Waals surface area (Å²) in [5.74, 6) is 2.47. The molecule has 2 aromatic carbocycles. The molecule has 6 heterocycles. The lowest BCUT2D eigenvalue weighted by atomic mass is 9.95. The van der Waals surface area contributed by atoms with E-state index in [0.29, 0.717) is 58.7 Å². The molecule has 2 aromatic heterocycles. The fraction of sp³-hybridized carbons (Fsp3) is 0.486. The molecule has 4 aliphatic heterocycles. The van der Waals surface area contributed by atoms with E-state index in [2.05, 4.69) is 28.0 Å². The summed E-state index contributed by atoms with van der Waals surface area (Å²) in [6.45, 7) is 6.78. The molecule has 0 radical (unpaired) electrons. The van der Waals surface area contributed by atoms with Crippen molar-refractivity contribution >= 4 is 27.5 Å². The van der Waals surface area contributed by atoms with Gasteiger partial charge in [-0.1, -0.05) is 18.9 Å². The molecule has 4 atom stereocenters. The number of rotatable bonds is 6. The Bertz CT molecular complexity index is 1990. The van der Waals surface area contributed by atoms with Crippen molar-refractivity contribution in [3.05, 3.63) is 47.2 Å². The molecule has 10 heteroatoms. The minimum absolute atomic E-state index is 0.00146. The van der Waals surface area contributed by atoms with E-state index in [1.807, 2.05) is 0 Å². The summed E-state index contributed by atoms with van der Waals surface area (Å²) >= 11 is 0. The second-order valence-corrected chi connectivity index (χ2v) is 14.7. The first kappa shape index (κ1) is 29.1. The number of hydrogen-bond donors (Lipinski definition) is 2. The highest BCUT2D eigenvalue weighted by atomic mass is 19.1. The molecule has 4 aromatic rings. The number of phenolic OH excluding ortho intramolecular Hbond substituents is 1. The Hall–Kier alpha value is -4.07. The van der Waals surface area contributed by atoms with Crippen molar-refractivity contribution in [2.75, 3.05) is 37.7 Å². The van der Waals surface area contributed by atoms with Gasteiger partial charge < -0.3 is 25.0 Å². The summed E-state index contributed by atoms with van der Waals surface area (Å²) in [7, 11) is 0. The van der Waals surface area contributed by atoms with Gasteiger partial charge in [0, 0.05) is 54.1 Å². The van der Waals surface area contributed by atoms with Crippen LogP contribution in [0.1, 0.15) is 56.7 Å². The summed E-state index contributed by atoms with van der Waals surface area (Å²) < 4.78 is 38.5. The number of aryl methyl sites for hydroxylation is 1. The van der Waals surface area contributed by atoms with Crippen molar-refractivity contribution in [1.82, 2.24) is 25.2 Å². The van der Waals surface area contributed by atoms with Crippen molar-refractivity contribution in [2.45, 2.75) is 70.0 Å². The van der Waals surface area contributed by atoms with E-state index >= 15 is 4.39 Å². The van der Waals surface area contributed by atoms with Crippen LogP contribution in [0.2, 0.25) is 0 Å². The molecule has 1 saturated carbocycles. The number of piperazine rings is 1. The zero-order valence-corrected chi connectivity index (χ0v) is 26.5. The molecule has 2 N–H and O–H groups in total. The summed E-state index contributed by atoms with van der Waals surface area (Å²) in [6.07, 6.45) is 12.8. The Morgan fingerprint density at radius 1 is 1.09 bits per heavy atom. The van der Waals surface area contributed by atoms with Crippen molar-refractivity contribution in [3.8, 4) is 35.4 Å². The second-order valence-electron chi connectivity index (χ2n) is 14.7. The molecule has 2 bridgehead atoms. The number of terminal acetylenes is 1. The number of hydrogen-bond acceptors (Lipinski definition) is 8. The molecule has 3 saturated heterocycles. The third-order valence-corrected chi connectivity index (χ3v) is 11.3. The van der Waals surface area contributed by atoms with Crippen LogP contribution >= 0.6 is 0 Å². The van der Waals surface area contributed by atoms with Gasteiger partial charge in [-0.25, -0.2) is 13.8 Å². The fourth-order valence-electron chi connectivity index (χ4n) is 8.75. The number of pyridine rings is 1. The monoisotopic (exact) mass is 636 g/mol. The molecule has 0 spiro atoms. The van der Waals surface area contributed by atoms with Gasteiger partial charge in [-0.3, -0.25) is 0 Å². The zero-order valence-electron chi connectivity index (χ0n) is 26.5. The van der Waals surface area contributed by atoms with Gasteiger partial charge in [0.05, 0.1) is 23.3 Å². The third-order valence-electron chi connectivity index (χ3n) is 11.3. The summed E-state index contributed by atoms with van der Waals surface area (Å²) in [5.41, 5.74) is 1.08. The Balaban J connectivity index is 1.19. The summed E-state index contributed by atoms with van der Waals surface area (Å²) in [6, 6.07) is 6.70. The number of halogens is 2. The molecular formula is C37H38F2N6O2. The number of nitrogens with one attached hydrogen (secondary N) is 1. The lowest BCUT2D eigenvalue weighted by Gasteiger charge is -2.41. The predicted molar refractivity (Wildman–Crippen MR) is 177 cm³/mol. The quantitative estimate of drug-likeness (QED) is 0.266. The zero-order chi connectivity index (χ0) is 32.0. The molecule has 47 heavy (non-hydrogen) atoms. The summed E-state index contributed by atoms with van der Waals surface area (Å²) in [5, 5.41) is 15.9. The topological polar surface area (TPSA) is 86.6 Å². The van der Waals surface area contributed by atoms with Crippen molar-refractivity contribution in [3.63, 3.8) is 0 Å². The fourth-order valence-corrected chi connectivity index (χ4v) is 8.75. The Morgan fingerprint density at radius 3 is 2.74 bits per heavy atom.